The molecule has 0 radical (unpaired) electrons. The van der Waals surface area contributed by atoms with E-state index in [0.717, 1.165) is 94.2 Å². The van der Waals surface area contributed by atoms with Gasteiger partial charge in [0.15, 0.2) is 0 Å². The van der Waals surface area contributed by atoms with Crippen LogP contribution in [0.2, 0.25) is 0 Å². The molecule has 6 rings (SSSR count). The summed E-state index contributed by atoms with van der Waals surface area (Å²) >= 11 is 0. The fourth-order valence-corrected chi connectivity index (χ4v) is 11.0. The van der Waals surface area contributed by atoms with Crippen molar-refractivity contribution in [2.45, 2.75) is 165 Å². The van der Waals surface area contributed by atoms with Crippen LogP contribution in [0.4, 0.5) is 0 Å². The fourth-order valence-electron chi connectivity index (χ4n) is 11.0. The topological polar surface area (TPSA) is 152 Å². The van der Waals surface area contributed by atoms with Crippen molar-refractivity contribution in [2.75, 3.05) is 53.1 Å². The van der Waals surface area contributed by atoms with Crippen LogP contribution < -0.4 is 5.32 Å². The second kappa shape index (κ2) is 29.1. The summed E-state index contributed by atoms with van der Waals surface area (Å²) < 4.78 is 16.8. The van der Waals surface area contributed by atoms with Gasteiger partial charge in [-0.3, -0.25) is 24.3 Å². The Labute approximate surface area is 458 Å². The molecule has 1 fully saturated rings. The van der Waals surface area contributed by atoms with Crippen molar-refractivity contribution in [3.05, 3.63) is 87.0 Å². The molecule has 0 aromatic carbocycles. The van der Waals surface area contributed by atoms with Gasteiger partial charge in [-0.05, 0) is 118 Å². The number of hydrogen-bond donors (Lipinski definition) is 3. The normalized spacial score (nSPS) is 17.0. The number of H-pyrrole nitrogens is 2. The van der Waals surface area contributed by atoms with Crippen LogP contribution in [0.1, 0.15) is 188 Å². The van der Waals surface area contributed by atoms with E-state index in [-0.39, 0.29) is 66.2 Å². The molecular formula is C61H88MgN6O6+2. The number of hydrogen-bond acceptors (Lipinski definition) is 9. The Morgan fingerprint density at radius 2 is 1.53 bits per heavy atom. The third-order valence-corrected chi connectivity index (χ3v) is 15.8. The zero-order chi connectivity index (χ0) is 52.8. The first-order valence-corrected chi connectivity index (χ1v) is 27.6. The monoisotopic (exact) mass is 1020 g/mol. The molecule has 13 heteroatoms. The molecule has 3 aromatic rings. The van der Waals surface area contributed by atoms with E-state index < -0.39 is 5.97 Å². The second-order valence-electron chi connectivity index (χ2n) is 21.8. The number of esters is 2. The van der Waals surface area contributed by atoms with Gasteiger partial charge >= 0.3 is 35.0 Å². The first-order valence-electron chi connectivity index (χ1n) is 27.6. The summed E-state index contributed by atoms with van der Waals surface area (Å²) in [6, 6.07) is 6.22. The summed E-state index contributed by atoms with van der Waals surface area (Å²) in [6.45, 7) is 30.4. The molecule has 3 aliphatic heterocycles. The summed E-state index contributed by atoms with van der Waals surface area (Å²) in [4.78, 5) is 62.2. The summed E-state index contributed by atoms with van der Waals surface area (Å²) in [5.41, 5.74) is 13.2. The number of fused-ring (bicyclic) bond motifs is 8. The minimum atomic E-state index is -0.483. The molecule has 12 nitrogen and oxygen atoms in total. The number of methoxy groups -OCH3 is 1. The molecule has 1 saturated heterocycles. The van der Waals surface area contributed by atoms with Crippen molar-refractivity contribution in [3.8, 4) is 0 Å². The molecule has 1 amide bonds. The molecule has 4 unspecified atom stereocenters. The van der Waals surface area contributed by atoms with Crippen molar-refractivity contribution >= 4 is 80.2 Å². The maximum atomic E-state index is 14.7. The van der Waals surface area contributed by atoms with E-state index in [4.69, 9.17) is 24.2 Å². The molecular weight excluding hydrogens is 937 g/mol. The van der Waals surface area contributed by atoms with Crippen molar-refractivity contribution < 1.29 is 28.6 Å². The molecule has 3 aliphatic rings. The van der Waals surface area contributed by atoms with Gasteiger partial charge in [0, 0.05) is 83.3 Å². The smallest absolute Gasteiger partial charge is 0.469 e. The molecule has 0 aliphatic carbocycles. The van der Waals surface area contributed by atoms with E-state index in [2.05, 4.69) is 101 Å². The molecule has 3 aromatic heterocycles. The van der Waals surface area contributed by atoms with Crippen LogP contribution in [0, 0.1) is 31.6 Å². The van der Waals surface area contributed by atoms with E-state index in [9.17, 15) is 14.4 Å². The Bertz CT molecular complexity index is 2650. The quantitative estimate of drug-likeness (QED) is 0.0428. The largest absolute Gasteiger partial charge is 2.00 e. The summed E-state index contributed by atoms with van der Waals surface area (Å²) in [5, 5.41) is 3.19. The summed E-state index contributed by atoms with van der Waals surface area (Å²) in [6.07, 6.45) is 16.3. The molecule has 6 heterocycles. The standard InChI is InChI=1S/C61H88N6O6.Mg/c1-13-46-42(8)50-35-52-44(10)48(24-25-56(68)73-31-26-41(7)23-17-22-40(6)21-16-20-39(5)19-15-18-38(3)4)59(65-52)49(34-57(69)71-12)60-58(61(70)62-27-28-67-29-32-72-33-30-67)45(11)53(66-60)37-55-47(14-2)43(9)51(64-55)36-54(46)63-50;/h13,26,35-40,44,48,63-64H,1,14-25,27-34H2,2-12H3,(H,62,70);/q;+2. The Morgan fingerprint density at radius 1 is 0.865 bits per heavy atom. The van der Waals surface area contributed by atoms with Crippen LogP contribution in [0.5, 0.6) is 0 Å². The fraction of sp³-hybridized carbons (Fsp3) is 0.590. The van der Waals surface area contributed by atoms with Gasteiger partial charge in [-0.1, -0.05) is 105 Å². The van der Waals surface area contributed by atoms with Gasteiger partial charge in [0.05, 0.1) is 49.4 Å². The second-order valence-corrected chi connectivity index (χ2v) is 21.8. The number of rotatable bonds is 25. The number of allylic oxidation sites excluding steroid dienone is 2. The van der Waals surface area contributed by atoms with Crippen LogP contribution >= 0.6 is 0 Å². The maximum Gasteiger partial charge on any atom is 2.00 e. The Kier molecular flexibility index (Phi) is 23.7. The van der Waals surface area contributed by atoms with Crippen molar-refractivity contribution in [2.24, 2.45) is 17.8 Å². The van der Waals surface area contributed by atoms with E-state index in [1.54, 1.807) is 0 Å². The van der Waals surface area contributed by atoms with Gasteiger partial charge < -0.3 is 29.5 Å². The third-order valence-electron chi connectivity index (χ3n) is 15.8. The van der Waals surface area contributed by atoms with E-state index in [1.807, 2.05) is 25.1 Å². The number of carbonyl (C=O) groups excluding carboxylic acids is 3. The number of morpholine rings is 1. The maximum absolute atomic E-state index is 14.7. The predicted octanol–water partition coefficient (Wildman–Crippen LogP) is 12.4. The Hall–Kier alpha value is -4.56. The number of nitrogens with zero attached hydrogens (tertiary/aromatic N) is 3. The van der Waals surface area contributed by atoms with Crippen molar-refractivity contribution in [3.63, 3.8) is 0 Å². The number of ether oxygens (including phenoxy) is 3. The summed E-state index contributed by atoms with van der Waals surface area (Å²) in [7, 11) is 1.37. The first-order chi connectivity index (χ1) is 35.0. The van der Waals surface area contributed by atoms with Crippen LogP contribution in [-0.2, 0) is 41.4 Å². The first kappa shape index (κ1) is 60.3. The van der Waals surface area contributed by atoms with E-state index >= 15 is 0 Å². The molecule has 398 valence electrons. The van der Waals surface area contributed by atoms with Crippen LogP contribution in [-0.4, -0.2) is 119 Å². The predicted molar refractivity (Wildman–Crippen MR) is 304 cm³/mol. The van der Waals surface area contributed by atoms with Gasteiger partial charge in [0.25, 0.3) is 5.91 Å². The average molecular weight is 1030 g/mol. The van der Waals surface area contributed by atoms with Crippen LogP contribution in [0.15, 0.2) is 36.4 Å². The van der Waals surface area contributed by atoms with Crippen LogP contribution in [0.3, 0.4) is 0 Å². The zero-order valence-electron chi connectivity index (χ0n) is 47.1. The molecule has 0 spiro atoms. The van der Waals surface area contributed by atoms with Gasteiger partial charge in [-0.15, -0.1) is 0 Å². The molecule has 4 atom stereocenters. The van der Waals surface area contributed by atoms with Gasteiger partial charge in [-0.25, -0.2) is 4.98 Å². The number of amides is 1. The third kappa shape index (κ3) is 16.0. The molecule has 0 saturated carbocycles. The number of carbonyl (C=O) groups is 3. The van der Waals surface area contributed by atoms with E-state index in [0.29, 0.717) is 72.4 Å². The summed E-state index contributed by atoms with van der Waals surface area (Å²) in [5.74, 6) is 0.761. The number of aryl methyl sites for hydroxylation is 3. The molecule has 74 heavy (non-hydrogen) atoms. The van der Waals surface area contributed by atoms with Gasteiger partial charge in [0.1, 0.15) is 6.61 Å². The van der Waals surface area contributed by atoms with Crippen molar-refractivity contribution in [1.29, 1.82) is 0 Å². The number of nitrogens with one attached hydrogen (secondary N) is 3. The Balaban J connectivity index is 0.0000101. The van der Waals surface area contributed by atoms with Crippen molar-refractivity contribution in [1.82, 2.24) is 30.2 Å². The Morgan fingerprint density at radius 3 is 2.19 bits per heavy atom. The van der Waals surface area contributed by atoms with Gasteiger partial charge in [0.2, 0.25) is 0 Å². The molecule has 8 bridgehead atoms. The zero-order valence-corrected chi connectivity index (χ0v) is 48.5. The minimum absolute atomic E-state index is 0. The SMILES string of the molecule is C=Cc1c(C)c2cc3nc(c(CC(=O)OC)c4nc(cc5[nH]c(cc1[nH]2)c(C)c5CC)C(C)=C4C(=O)NCCN1CCOCC1)C(CCC(=O)OCC=C(C)CCCC(C)CCCC(C)CCCC(C)C)C3C.[Mg+2]. The van der Waals surface area contributed by atoms with E-state index in [1.165, 1.54) is 57.6 Å². The number of aromatic amines is 2. The minimum Gasteiger partial charge on any atom is -0.469 e. The average Bonchev–Trinajstić information content (AvgIpc) is 4.05. The molecule has 3 N–H and O–H groups in total. The van der Waals surface area contributed by atoms with Crippen LogP contribution in [0.25, 0.3) is 39.3 Å². The number of aromatic nitrogens is 4. The van der Waals surface area contributed by atoms with Gasteiger partial charge in [-0.2, -0.15) is 0 Å².